The molecule has 0 saturated heterocycles. The number of nitrogens with zero attached hydrogens (tertiary/aromatic N) is 1. The van der Waals surface area contributed by atoms with Crippen molar-refractivity contribution in [3.8, 4) is 11.5 Å². The number of ether oxygens (including phenoxy) is 2. The summed E-state index contributed by atoms with van der Waals surface area (Å²) in [6.45, 7) is 8.35. The van der Waals surface area contributed by atoms with Crippen LogP contribution in [-0.4, -0.2) is 25.3 Å². The van der Waals surface area contributed by atoms with E-state index in [2.05, 4.69) is 39.7 Å². The minimum Gasteiger partial charge on any atom is -0.490 e. The maximum absolute atomic E-state index is 12.2. The van der Waals surface area contributed by atoms with E-state index >= 15 is 0 Å². The van der Waals surface area contributed by atoms with Crippen LogP contribution in [0.25, 0.3) is 0 Å². The smallest absolute Gasteiger partial charge is 0.272 e. The van der Waals surface area contributed by atoms with Crippen LogP contribution >= 0.6 is 34.2 Å². The van der Waals surface area contributed by atoms with Gasteiger partial charge >= 0.3 is 0 Å². The normalized spacial score (nSPS) is 10.7. The largest absolute Gasteiger partial charge is 0.490 e. The third-order valence-electron chi connectivity index (χ3n) is 3.43. The number of hydrogen-bond acceptors (Lipinski definition) is 4. The van der Waals surface area contributed by atoms with Gasteiger partial charge < -0.3 is 9.47 Å². The summed E-state index contributed by atoms with van der Waals surface area (Å²) in [6, 6.07) is 8.92. The predicted octanol–water partition coefficient (Wildman–Crippen LogP) is 4.98. The van der Waals surface area contributed by atoms with Crippen molar-refractivity contribution in [1.29, 1.82) is 0 Å². The van der Waals surface area contributed by atoms with Crippen molar-refractivity contribution in [2.45, 2.75) is 13.8 Å². The molecule has 2 aromatic rings. The first-order valence-electron chi connectivity index (χ1n) is 8.25. The highest BCUT2D eigenvalue weighted by Crippen LogP contribution is 2.33. The van der Waals surface area contributed by atoms with Gasteiger partial charge in [0.2, 0.25) is 0 Å². The molecule has 27 heavy (non-hydrogen) atoms. The molecule has 0 aliphatic carbocycles. The zero-order chi connectivity index (χ0) is 19.8. The van der Waals surface area contributed by atoms with Crippen molar-refractivity contribution in [2.24, 2.45) is 5.10 Å². The number of halogens is 2. The number of carbonyl (C=O) groups is 1. The van der Waals surface area contributed by atoms with Crippen LogP contribution in [0.2, 0.25) is 5.02 Å². The Hall–Kier alpha value is -2.06. The topological polar surface area (TPSA) is 59.9 Å². The summed E-state index contributed by atoms with van der Waals surface area (Å²) >= 11 is 8.27. The predicted molar refractivity (Wildman–Crippen MR) is 117 cm³/mol. The first kappa shape index (κ1) is 21.2. The fourth-order valence-electron chi connectivity index (χ4n) is 2.24. The molecule has 2 aromatic carbocycles. The van der Waals surface area contributed by atoms with Gasteiger partial charge in [-0.2, -0.15) is 5.10 Å². The molecule has 7 heteroatoms. The SMILES string of the molecule is C=CCOc1c(I)cc(/C=N\NC(=O)c2ccc(C)cc2Cl)cc1OCC. The van der Waals surface area contributed by atoms with E-state index in [1.54, 1.807) is 30.5 Å². The van der Waals surface area contributed by atoms with Crippen molar-refractivity contribution in [2.75, 3.05) is 13.2 Å². The monoisotopic (exact) mass is 498 g/mol. The maximum Gasteiger partial charge on any atom is 0.272 e. The van der Waals surface area contributed by atoms with Crippen molar-refractivity contribution >= 4 is 46.3 Å². The molecule has 0 fully saturated rings. The zero-order valence-corrected chi connectivity index (χ0v) is 18.0. The molecule has 5 nitrogen and oxygen atoms in total. The van der Waals surface area contributed by atoms with Gasteiger partial charge in [0.05, 0.1) is 27.0 Å². The van der Waals surface area contributed by atoms with Gasteiger partial charge in [-0.3, -0.25) is 4.79 Å². The number of hydrazone groups is 1. The van der Waals surface area contributed by atoms with Gasteiger partial charge in [0, 0.05) is 0 Å². The Labute approximate surface area is 177 Å². The standard InChI is InChI=1S/C20H20ClIN2O3/c1-4-8-27-19-17(22)10-14(11-18(19)26-5-2)12-23-24-20(25)15-7-6-13(3)9-16(15)21/h4,6-7,9-12H,1,5,8H2,2-3H3,(H,24,25)/b23-12-. The molecule has 0 spiro atoms. The molecule has 1 N–H and O–H groups in total. The second kappa shape index (κ2) is 10.3. The lowest BCUT2D eigenvalue weighted by Crippen LogP contribution is -2.18. The van der Waals surface area contributed by atoms with Gasteiger partial charge in [0.1, 0.15) is 6.61 Å². The van der Waals surface area contributed by atoms with Crippen LogP contribution in [0, 0.1) is 10.5 Å². The van der Waals surface area contributed by atoms with Crippen molar-refractivity contribution in [3.05, 3.63) is 68.3 Å². The first-order chi connectivity index (χ1) is 13.0. The van der Waals surface area contributed by atoms with Crippen LogP contribution in [0.3, 0.4) is 0 Å². The molecule has 0 aliphatic rings. The number of carbonyl (C=O) groups excluding carboxylic acids is 1. The van der Waals surface area contributed by atoms with E-state index < -0.39 is 0 Å². The van der Waals surface area contributed by atoms with Crippen molar-refractivity contribution in [3.63, 3.8) is 0 Å². The number of aryl methyl sites for hydroxylation is 1. The second-order valence-corrected chi connectivity index (χ2v) is 7.11. The van der Waals surface area contributed by atoms with E-state index in [1.807, 2.05) is 26.0 Å². The highest BCUT2D eigenvalue weighted by Gasteiger charge is 2.12. The number of rotatable bonds is 8. The van der Waals surface area contributed by atoms with E-state index in [0.717, 1.165) is 14.7 Å². The molecule has 0 bridgehead atoms. The highest BCUT2D eigenvalue weighted by atomic mass is 127. The van der Waals surface area contributed by atoms with E-state index in [0.29, 0.717) is 35.3 Å². The lowest BCUT2D eigenvalue weighted by atomic mass is 10.1. The zero-order valence-electron chi connectivity index (χ0n) is 15.1. The summed E-state index contributed by atoms with van der Waals surface area (Å²) in [4.78, 5) is 12.2. The molecule has 0 aromatic heterocycles. The Morgan fingerprint density at radius 1 is 1.33 bits per heavy atom. The second-order valence-electron chi connectivity index (χ2n) is 5.55. The molecule has 142 valence electrons. The van der Waals surface area contributed by atoms with Gasteiger partial charge in [-0.05, 0) is 71.8 Å². The van der Waals surface area contributed by atoms with Gasteiger partial charge in [-0.1, -0.05) is 30.3 Å². The van der Waals surface area contributed by atoms with Crippen molar-refractivity contribution in [1.82, 2.24) is 5.43 Å². The summed E-state index contributed by atoms with van der Waals surface area (Å²) in [7, 11) is 0. The van der Waals surface area contributed by atoms with E-state index in [9.17, 15) is 4.79 Å². The first-order valence-corrected chi connectivity index (χ1v) is 9.71. The number of benzene rings is 2. The fourth-order valence-corrected chi connectivity index (χ4v) is 3.34. The Morgan fingerprint density at radius 2 is 2.11 bits per heavy atom. The molecule has 0 heterocycles. The summed E-state index contributed by atoms with van der Waals surface area (Å²) in [5.41, 5.74) is 4.61. The molecule has 0 saturated carbocycles. The van der Waals surface area contributed by atoms with Gasteiger partial charge in [-0.25, -0.2) is 5.43 Å². The molecular weight excluding hydrogens is 479 g/mol. The maximum atomic E-state index is 12.2. The molecular formula is C20H20ClIN2O3. The average Bonchev–Trinajstić information content (AvgIpc) is 2.61. The Kier molecular flexibility index (Phi) is 8.12. The van der Waals surface area contributed by atoms with Gasteiger partial charge in [0.15, 0.2) is 11.5 Å². The van der Waals surface area contributed by atoms with Crippen LogP contribution in [0.4, 0.5) is 0 Å². The lowest BCUT2D eigenvalue weighted by molar-refractivity contribution is 0.0955. The van der Waals surface area contributed by atoms with Crippen LogP contribution in [0.5, 0.6) is 11.5 Å². The molecule has 0 unspecified atom stereocenters. The average molecular weight is 499 g/mol. The van der Waals surface area contributed by atoms with Crippen LogP contribution in [0.15, 0.2) is 48.1 Å². The van der Waals surface area contributed by atoms with Crippen molar-refractivity contribution < 1.29 is 14.3 Å². The minimum absolute atomic E-state index is 0.372. The number of amides is 1. The van der Waals surface area contributed by atoms with E-state index in [1.165, 1.54) is 0 Å². The third-order valence-corrected chi connectivity index (χ3v) is 4.54. The quantitative estimate of drug-likeness (QED) is 0.242. The number of hydrogen-bond donors (Lipinski definition) is 1. The van der Waals surface area contributed by atoms with Gasteiger partial charge in [0.25, 0.3) is 5.91 Å². The highest BCUT2D eigenvalue weighted by molar-refractivity contribution is 14.1. The van der Waals surface area contributed by atoms with E-state index in [4.69, 9.17) is 21.1 Å². The van der Waals surface area contributed by atoms with E-state index in [-0.39, 0.29) is 5.91 Å². The fraction of sp³-hybridized carbons (Fsp3) is 0.200. The summed E-state index contributed by atoms with van der Waals surface area (Å²) in [6.07, 6.45) is 3.22. The molecule has 0 atom stereocenters. The summed E-state index contributed by atoms with van der Waals surface area (Å²) in [5.74, 6) is 0.896. The third kappa shape index (κ3) is 5.97. The molecule has 0 radical (unpaired) electrons. The van der Waals surface area contributed by atoms with Crippen LogP contribution < -0.4 is 14.9 Å². The molecule has 2 rings (SSSR count). The molecule has 0 aliphatic heterocycles. The Bertz CT molecular complexity index is 869. The summed E-state index contributed by atoms with van der Waals surface area (Å²) in [5, 5.41) is 4.41. The number of nitrogens with one attached hydrogen (secondary N) is 1. The summed E-state index contributed by atoms with van der Waals surface area (Å²) < 4.78 is 12.2. The van der Waals surface area contributed by atoms with Crippen LogP contribution in [-0.2, 0) is 0 Å². The Balaban J connectivity index is 2.15. The Morgan fingerprint density at radius 3 is 2.78 bits per heavy atom. The minimum atomic E-state index is -0.373. The van der Waals surface area contributed by atoms with Crippen LogP contribution in [0.1, 0.15) is 28.4 Å². The van der Waals surface area contributed by atoms with Gasteiger partial charge in [-0.15, -0.1) is 0 Å². The molecule has 1 amide bonds. The lowest BCUT2D eigenvalue weighted by Gasteiger charge is -2.13.